The summed E-state index contributed by atoms with van der Waals surface area (Å²) in [5, 5.41) is 3.85. The predicted molar refractivity (Wildman–Crippen MR) is 219 cm³/mol. The zero-order valence-corrected chi connectivity index (χ0v) is 31.5. The van der Waals surface area contributed by atoms with Gasteiger partial charge in [-0.3, -0.25) is 9.56 Å². The number of thioether (sulfide) groups is 1. The largest absolute Gasteiger partial charge is 0.457 e. The molecule has 9 rings (SSSR count). The first kappa shape index (κ1) is 32.8. The lowest BCUT2D eigenvalue weighted by Gasteiger charge is -2.20. The highest BCUT2D eigenvalue weighted by molar-refractivity contribution is 8.15. The molecule has 5 aromatic carbocycles. The molecule has 0 unspecified atom stereocenters. The fourth-order valence-corrected chi connectivity index (χ4v) is 9.10. The first-order chi connectivity index (χ1) is 25.0. The molecule has 1 aliphatic heterocycles. The monoisotopic (exact) mass is 697 g/mol. The Bertz CT molecular complexity index is 2530. The average Bonchev–Trinajstić information content (AvgIpc) is 3.80. The van der Waals surface area contributed by atoms with Gasteiger partial charge in [-0.15, -0.1) is 0 Å². The quantitative estimate of drug-likeness (QED) is 0.180. The molecule has 2 aliphatic rings. The van der Waals surface area contributed by atoms with Crippen LogP contribution in [0.25, 0.3) is 38.8 Å². The number of fused-ring (bicyclic) bond motifs is 6. The van der Waals surface area contributed by atoms with Gasteiger partial charge in [0.2, 0.25) is 0 Å². The van der Waals surface area contributed by atoms with Gasteiger partial charge in [-0.1, -0.05) is 114 Å². The molecule has 7 aromatic rings. The van der Waals surface area contributed by atoms with Crippen molar-refractivity contribution in [2.75, 3.05) is 0 Å². The van der Waals surface area contributed by atoms with Crippen LogP contribution >= 0.6 is 11.8 Å². The minimum atomic E-state index is -0.00442. The van der Waals surface area contributed by atoms with Gasteiger partial charge in [0, 0.05) is 28.6 Å². The van der Waals surface area contributed by atoms with E-state index < -0.39 is 0 Å². The Morgan fingerprint density at radius 2 is 1.38 bits per heavy atom. The predicted octanol–water partition coefficient (Wildman–Crippen LogP) is 12.4. The maximum atomic E-state index is 6.84. The molecule has 0 saturated carbocycles. The van der Waals surface area contributed by atoms with E-state index in [1.807, 2.05) is 18.0 Å². The van der Waals surface area contributed by atoms with Crippen LogP contribution in [-0.4, -0.2) is 20.6 Å². The first-order valence-corrected chi connectivity index (χ1v) is 19.1. The molecule has 3 heterocycles. The SMILES string of the molecule is CC(C)(C)c1ccnc(-n2c3ccc(C(C)(C)C)cc3c3ccc(Oc4cc(C5=N[C@@H]6Cc7ccccc7[C@@H]6S5)cc(-c5ccccc5)c4)cc32)c1. The van der Waals surface area contributed by atoms with Crippen molar-refractivity contribution in [3.05, 3.63) is 155 Å². The van der Waals surface area contributed by atoms with E-state index in [1.165, 1.54) is 33.0 Å². The van der Waals surface area contributed by atoms with Crippen molar-refractivity contribution in [3.63, 3.8) is 0 Å². The number of benzene rings is 5. The topological polar surface area (TPSA) is 39.4 Å². The second-order valence-corrected chi connectivity index (χ2v) is 17.4. The molecule has 0 spiro atoms. The Labute approximate surface area is 310 Å². The van der Waals surface area contributed by atoms with Crippen molar-refractivity contribution in [1.82, 2.24) is 9.55 Å². The summed E-state index contributed by atoms with van der Waals surface area (Å²) >= 11 is 1.89. The Kier molecular flexibility index (Phi) is 7.71. The van der Waals surface area contributed by atoms with Gasteiger partial charge in [-0.25, -0.2) is 4.98 Å². The van der Waals surface area contributed by atoms with E-state index in [4.69, 9.17) is 14.7 Å². The molecule has 0 N–H and O–H groups in total. The number of ether oxygens (including phenoxy) is 1. The number of hydrogen-bond acceptors (Lipinski definition) is 4. The van der Waals surface area contributed by atoms with Gasteiger partial charge in [0.25, 0.3) is 0 Å². The van der Waals surface area contributed by atoms with Crippen LogP contribution in [0, 0.1) is 0 Å². The van der Waals surface area contributed by atoms with Gasteiger partial charge < -0.3 is 4.74 Å². The molecule has 2 aromatic heterocycles. The summed E-state index contributed by atoms with van der Waals surface area (Å²) < 4.78 is 9.14. The first-order valence-electron chi connectivity index (χ1n) is 18.3. The van der Waals surface area contributed by atoms with E-state index in [9.17, 15) is 0 Å². The fraction of sp³-hybridized carbons (Fsp3) is 0.234. The second-order valence-electron chi connectivity index (χ2n) is 16.3. The number of aliphatic imine (C=N–C) groups is 1. The van der Waals surface area contributed by atoms with Crippen molar-refractivity contribution in [1.29, 1.82) is 0 Å². The Balaban J connectivity index is 1.16. The highest BCUT2D eigenvalue weighted by Gasteiger charge is 2.38. The van der Waals surface area contributed by atoms with Gasteiger partial charge in [-0.2, -0.15) is 0 Å². The Morgan fingerprint density at radius 3 is 2.19 bits per heavy atom. The Hall–Kier alpha value is -5.13. The van der Waals surface area contributed by atoms with Crippen molar-refractivity contribution >= 4 is 38.6 Å². The second kappa shape index (κ2) is 12.2. The average molecular weight is 698 g/mol. The summed E-state index contributed by atoms with van der Waals surface area (Å²) in [5.41, 5.74) is 11.0. The van der Waals surface area contributed by atoms with Crippen molar-refractivity contribution in [2.24, 2.45) is 4.99 Å². The number of aromatic nitrogens is 2. The van der Waals surface area contributed by atoms with E-state index in [-0.39, 0.29) is 16.9 Å². The van der Waals surface area contributed by atoms with E-state index >= 15 is 0 Å². The van der Waals surface area contributed by atoms with Crippen molar-refractivity contribution < 1.29 is 4.74 Å². The van der Waals surface area contributed by atoms with Crippen LogP contribution in [0.1, 0.15) is 74.6 Å². The number of rotatable bonds is 5. The number of hydrogen-bond donors (Lipinski definition) is 0. The molecule has 0 saturated heterocycles. The van der Waals surface area contributed by atoms with Crippen molar-refractivity contribution in [3.8, 4) is 28.4 Å². The number of pyridine rings is 1. The maximum absolute atomic E-state index is 6.84. The third-order valence-electron chi connectivity index (χ3n) is 10.6. The summed E-state index contributed by atoms with van der Waals surface area (Å²) in [6.45, 7) is 13.6. The highest BCUT2D eigenvalue weighted by Crippen LogP contribution is 2.49. The lowest BCUT2D eigenvalue weighted by molar-refractivity contribution is 0.483. The third-order valence-corrected chi connectivity index (χ3v) is 12.0. The maximum Gasteiger partial charge on any atom is 0.137 e. The minimum absolute atomic E-state index is 0.00442. The van der Waals surface area contributed by atoms with Crippen molar-refractivity contribution in [2.45, 2.75) is 70.1 Å². The minimum Gasteiger partial charge on any atom is -0.457 e. The standard InChI is InChI=1S/C47H43N3OS/c1-46(2,3)33-16-19-41-39(26-33)38-18-17-35(28-42(38)50(41)43-27-34(20-21-48-43)47(4,5)6)51-36-23-31(29-12-8-7-9-13-29)22-32(24-36)45-49-40-25-30-14-10-11-15-37(30)44(40)52-45/h7-24,26-28,40,44H,25H2,1-6H3/t40-,44+/m1/s1. The van der Waals surface area contributed by atoms with Crippen LogP contribution in [0.3, 0.4) is 0 Å². The molecule has 52 heavy (non-hydrogen) atoms. The molecule has 258 valence electrons. The van der Waals surface area contributed by atoms with Crippen LogP contribution < -0.4 is 4.74 Å². The summed E-state index contributed by atoms with van der Waals surface area (Å²) in [7, 11) is 0. The Morgan fingerprint density at radius 1 is 0.635 bits per heavy atom. The molecule has 0 bridgehead atoms. The zero-order chi connectivity index (χ0) is 35.8. The molecule has 5 heteroatoms. The van der Waals surface area contributed by atoms with Gasteiger partial charge in [0.05, 0.1) is 27.4 Å². The van der Waals surface area contributed by atoms with Gasteiger partial charge in [0.1, 0.15) is 17.3 Å². The summed E-state index contributed by atoms with van der Waals surface area (Å²) in [5.74, 6) is 2.48. The molecule has 1 aliphatic carbocycles. The number of nitrogens with zero attached hydrogens (tertiary/aromatic N) is 3. The molecule has 0 fully saturated rings. The van der Waals surface area contributed by atoms with E-state index in [1.54, 1.807) is 0 Å². The zero-order valence-electron chi connectivity index (χ0n) is 30.6. The van der Waals surface area contributed by atoms with E-state index in [0.717, 1.165) is 56.5 Å². The van der Waals surface area contributed by atoms with Crippen LogP contribution in [0.15, 0.2) is 133 Å². The summed E-state index contributed by atoms with van der Waals surface area (Å²) in [6, 6.07) is 43.9. The normalized spacial score (nSPS) is 17.0. The van der Waals surface area contributed by atoms with Crippen LogP contribution in [0.2, 0.25) is 0 Å². The summed E-state index contributed by atoms with van der Waals surface area (Å²) in [4.78, 5) is 10.2. The molecular formula is C47H43N3OS. The molecule has 4 nitrogen and oxygen atoms in total. The van der Waals surface area contributed by atoms with Gasteiger partial charge >= 0.3 is 0 Å². The van der Waals surface area contributed by atoms with Crippen LogP contribution in [0.4, 0.5) is 0 Å². The van der Waals surface area contributed by atoms with E-state index in [0.29, 0.717) is 5.25 Å². The fourth-order valence-electron chi connectivity index (χ4n) is 7.74. The molecule has 0 radical (unpaired) electrons. The van der Waals surface area contributed by atoms with Crippen LogP contribution in [0.5, 0.6) is 11.5 Å². The smallest absolute Gasteiger partial charge is 0.137 e. The van der Waals surface area contributed by atoms with E-state index in [2.05, 4.69) is 167 Å². The lowest BCUT2D eigenvalue weighted by atomic mass is 9.86. The molecule has 0 amide bonds. The third kappa shape index (κ3) is 5.81. The van der Waals surface area contributed by atoms with Gasteiger partial charge in [-0.05, 0) is 105 Å². The van der Waals surface area contributed by atoms with Crippen LogP contribution in [-0.2, 0) is 17.3 Å². The molecule has 2 atom stereocenters. The summed E-state index contributed by atoms with van der Waals surface area (Å²) in [6.07, 6.45) is 2.93. The molecular weight excluding hydrogens is 655 g/mol. The lowest BCUT2D eigenvalue weighted by Crippen LogP contribution is -2.12. The van der Waals surface area contributed by atoms with Gasteiger partial charge in [0.15, 0.2) is 0 Å². The highest BCUT2D eigenvalue weighted by atomic mass is 32.2.